The molecule has 0 aliphatic rings. The second-order valence-electron chi connectivity index (χ2n) is 4.57. The van der Waals surface area contributed by atoms with Crippen LogP contribution >= 0.6 is 46.6 Å². The molecule has 2 aromatic rings. The first-order chi connectivity index (χ1) is 11.9. The summed E-state index contributed by atoms with van der Waals surface area (Å²) in [6.45, 7) is 0. The van der Waals surface area contributed by atoms with Crippen LogP contribution in [-0.4, -0.2) is 13.1 Å². The number of halogens is 3. The van der Waals surface area contributed by atoms with Crippen LogP contribution in [0.5, 0.6) is 0 Å². The topological polar surface area (TPSA) is 75.1 Å². The zero-order valence-corrected chi connectivity index (χ0v) is 15.8. The van der Waals surface area contributed by atoms with Crippen molar-refractivity contribution in [3.63, 3.8) is 0 Å². The zero-order valence-electron chi connectivity index (χ0n) is 12.7. The molecule has 0 radical (unpaired) electrons. The highest BCUT2D eigenvalue weighted by molar-refractivity contribution is 7.99. The summed E-state index contributed by atoms with van der Waals surface area (Å²) in [7, 11) is 1.20. The number of rotatable bonds is 5. The minimum Gasteiger partial charge on any atom is -0.466 e. The van der Waals surface area contributed by atoms with Crippen molar-refractivity contribution in [3.05, 3.63) is 73.2 Å². The predicted octanol–water partition coefficient (Wildman–Crippen LogP) is 6.62. The largest absolute Gasteiger partial charge is 0.466 e. The zero-order chi connectivity index (χ0) is 18.4. The molecule has 0 saturated heterocycles. The SMILES string of the molecule is COC(=O)/C(=C\c1ccc(Sc2ccc(Cl)c(Cl)c2)cc1Cl)N=[N+]=[N-]. The first-order valence-electron chi connectivity index (χ1n) is 6.72. The standard InChI is InChI=1S/C16H10Cl3N3O2S/c1-24-16(23)15(21-22-20)6-9-2-3-10(7-13(9)18)25-11-4-5-12(17)14(19)8-11/h2-8H,1H3/b15-6+. The van der Waals surface area contributed by atoms with Crippen LogP contribution in [0.1, 0.15) is 5.56 Å². The fourth-order valence-electron chi connectivity index (χ4n) is 1.79. The molecule has 0 spiro atoms. The molecule has 0 unspecified atom stereocenters. The smallest absolute Gasteiger partial charge is 0.340 e. The Kier molecular flexibility index (Phi) is 7.05. The Morgan fingerprint density at radius 2 is 1.76 bits per heavy atom. The summed E-state index contributed by atoms with van der Waals surface area (Å²) in [4.78, 5) is 15.9. The number of ether oxygens (including phenoxy) is 1. The molecule has 0 fully saturated rings. The fourth-order valence-corrected chi connectivity index (χ4v) is 3.35. The molecule has 0 aromatic heterocycles. The van der Waals surface area contributed by atoms with Crippen molar-refractivity contribution in [3.8, 4) is 0 Å². The molecule has 0 aliphatic carbocycles. The van der Waals surface area contributed by atoms with Gasteiger partial charge in [0.25, 0.3) is 0 Å². The molecule has 0 amide bonds. The van der Waals surface area contributed by atoms with Crippen molar-refractivity contribution in [2.45, 2.75) is 9.79 Å². The Hall–Kier alpha value is -1.82. The Morgan fingerprint density at radius 3 is 2.32 bits per heavy atom. The number of methoxy groups -OCH3 is 1. The first kappa shape index (κ1) is 19.5. The van der Waals surface area contributed by atoms with E-state index in [0.29, 0.717) is 20.6 Å². The van der Waals surface area contributed by atoms with Crippen molar-refractivity contribution in [1.82, 2.24) is 0 Å². The van der Waals surface area contributed by atoms with Gasteiger partial charge in [0.1, 0.15) is 5.70 Å². The van der Waals surface area contributed by atoms with Crippen molar-refractivity contribution >= 4 is 58.6 Å². The summed E-state index contributed by atoms with van der Waals surface area (Å²) in [6.07, 6.45) is 1.36. The Balaban J connectivity index is 2.29. The normalized spacial score (nSPS) is 11.0. The number of esters is 1. The average Bonchev–Trinajstić information content (AvgIpc) is 2.59. The van der Waals surface area contributed by atoms with Gasteiger partial charge in [0.05, 0.1) is 17.2 Å². The minimum atomic E-state index is -0.747. The number of carbonyl (C=O) groups is 1. The third-order valence-corrected chi connectivity index (χ3v) is 4.98. The maximum Gasteiger partial charge on any atom is 0.340 e. The van der Waals surface area contributed by atoms with Gasteiger partial charge in [-0.1, -0.05) is 57.7 Å². The van der Waals surface area contributed by atoms with Gasteiger partial charge < -0.3 is 4.74 Å². The lowest BCUT2D eigenvalue weighted by atomic mass is 10.2. The van der Waals surface area contributed by atoms with E-state index >= 15 is 0 Å². The van der Waals surface area contributed by atoms with Gasteiger partial charge >= 0.3 is 5.97 Å². The van der Waals surface area contributed by atoms with Gasteiger partial charge in [0, 0.05) is 19.7 Å². The summed E-state index contributed by atoms with van der Waals surface area (Å²) >= 11 is 19.6. The van der Waals surface area contributed by atoms with Crippen LogP contribution in [0.3, 0.4) is 0 Å². The number of benzene rings is 2. The highest BCUT2D eigenvalue weighted by Gasteiger charge is 2.10. The number of nitrogens with zero attached hydrogens (tertiary/aromatic N) is 3. The van der Waals surface area contributed by atoms with E-state index in [4.69, 9.17) is 40.3 Å². The van der Waals surface area contributed by atoms with E-state index in [2.05, 4.69) is 14.8 Å². The highest BCUT2D eigenvalue weighted by atomic mass is 35.5. The van der Waals surface area contributed by atoms with Crippen LogP contribution in [0.4, 0.5) is 0 Å². The quantitative estimate of drug-likeness (QED) is 0.181. The second-order valence-corrected chi connectivity index (χ2v) is 6.94. The average molecular weight is 415 g/mol. The van der Waals surface area contributed by atoms with Gasteiger partial charge in [-0.15, -0.1) is 0 Å². The van der Waals surface area contributed by atoms with Crippen LogP contribution in [-0.2, 0) is 9.53 Å². The summed E-state index contributed by atoms with van der Waals surface area (Å²) in [5.41, 5.74) is 8.87. The molecule has 0 aliphatic heterocycles. The Morgan fingerprint density at radius 1 is 1.12 bits per heavy atom. The lowest BCUT2D eigenvalue weighted by Crippen LogP contribution is -2.01. The van der Waals surface area contributed by atoms with Crippen LogP contribution in [0, 0.1) is 0 Å². The lowest BCUT2D eigenvalue weighted by molar-refractivity contribution is -0.136. The maximum absolute atomic E-state index is 11.6. The molecule has 0 saturated carbocycles. The second kappa shape index (κ2) is 9.04. The molecule has 0 atom stereocenters. The number of azide groups is 1. The lowest BCUT2D eigenvalue weighted by Gasteiger charge is -2.06. The van der Waals surface area contributed by atoms with Gasteiger partial charge in [0.15, 0.2) is 0 Å². The third kappa shape index (κ3) is 5.33. The van der Waals surface area contributed by atoms with Gasteiger partial charge in [-0.3, -0.25) is 0 Å². The number of hydrogen-bond acceptors (Lipinski definition) is 4. The molecule has 25 heavy (non-hydrogen) atoms. The molecule has 9 heteroatoms. The van der Waals surface area contributed by atoms with Crippen LogP contribution in [0.15, 0.2) is 57.0 Å². The van der Waals surface area contributed by atoms with Gasteiger partial charge in [-0.25, -0.2) is 4.79 Å². The van der Waals surface area contributed by atoms with E-state index in [1.165, 1.54) is 24.9 Å². The molecule has 0 heterocycles. The first-order valence-corrected chi connectivity index (χ1v) is 8.67. The summed E-state index contributed by atoms with van der Waals surface area (Å²) in [6, 6.07) is 10.6. The van der Waals surface area contributed by atoms with Gasteiger partial charge in [-0.2, -0.15) is 0 Å². The van der Waals surface area contributed by atoms with E-state index in [1.807, 2.05) is 12.1 Å². The third-order valence-electron chi connectivity index (χ3n) is 2.94. The van der Waals surface area contributed by atoms with Crippen molar-refractivity contribution in [1.29, 1.82) is 0 Å². The van der Waals surface area contributed by atoms with Crippen molar-refractivity contribution in [2.24, 2.45) is 5.11 Å². The summed E-state index contributed by atoms with van der Waals surface area (Å²) in [5.74, 6) is -0.747. The van der Waals surface area contributed by atoms with Gasteiger partial charge in [-0.05, 0) is 47.5 Å². The van der Waals surface area contributed by atoms with E-state index in [1.54, 1.807) is 24.3 Å². The van der Waals surface area contributed by atoms with E-state index in [0.717, 1.165) is 9.79 Å². The van der Waals surface area contributed by atoms with E-state index in [9.17, 15) is 4.79 Å². The summed E-state index contributed by atoms with van der Waals surface area (Å²) < 4.78 is 4.56. The maximum atomic E-state index is 11.6. The number of carbonyl (C=O) groups excluding carboxylic acids is 1. The van der Waals surface area contributed by atoms with Gasteiger partial charge in [0.2, 0.25) is 0 Å². The molecule has 2 rings (SSSR count). The highest BCUT2D eigenvalue weighted by Crippen LogP contribution is 2.34. The fraction of sp³-hybridized carbons (Fsp3) is 0.0625. The Bertz CT molecular complexity index is 896. The predicted molar refractivity (Wildman–Crippen MR) is 101 cm³/mol. The van der Waals surface area contributed by atoms with E-state index in [-0.39, 0.29) is 5.70 Å². The molecule has 2 aromatic carbocycles. The molecule has 128 valence electrons. The number of hydrogen-bond donors (Lipinski definition) is 0. The molecule has 5 nitrogen and oxygen atoms in total. The van der Waals surface area contributed by atoms with Crippen LogP contribution < -0.4 is 0 Å². The molecular weight excluding hydrogens is 405 g/mol. The summed E-state index contributed by atoms with van der Waals surface area (Å²) in [5, 5.41) is 4.66. The van der Waals surface area contributed by atoms with Crippen LogP contribution in [0.25, 0.3) is 16.5 Å². The van der Waals surface area contributed by atoms with Crippen molar-refractivity contribution < 1.29 is 9.53 Å². The Labute approximate surface area is 163 Å². The monoisotopic (exact) mass is 413 g/mol. The molecule has 0 bridgehead atoms. The molecule has 0 N–H and O–H groups in total. The van der Waals surface area contributed by atoms with Crippen LogP contribution in [0.2, 0.25) is 15.1 Å². The van der Waals surface area contributed by atoms with E-state index < -0.39 is 5.97 Å². The van der Waals surface area contributed by atoms with Crippen molar-refractivity contribution in [2.75, 3.05) is 7.11 Å². The minimum absolute atomic E-state index is 0.184. The molecular formula is C16H10Cl3N3O2S.